The van der Waals surface area contributed by atoms with Crippen LogP contribution >= 0.6 is 31.7 Å². The molecule has 0 aromatic heterocycles. The number of hydrogen-bond donors (Lipinski definition) is 0. The van der Waals surface area contributed by atoms with Crippen molar-refractivity contribution in [3.63, 3.8) is 0 Å². The number of hydrogen-bond acceptors (Lipinski definition) is 0. The lowest BCUT2D eigenvalue weighted by Crippen LogP contribution is -1.99. The van der Waals surface area contributed by atoms with Crippen LogP contribution in [0.25, 0.3) is 0 Å². The normalized spacial score (nSPS) is 12.3. The second-order valence-corrected chi connectivity index (χ2v) is 17.9. The Kier molecular flexibility index (Phi) is 17.5. The van der Waals surface area contributed by atoms with Crippen LogP contribution in [0, 0.1) is 0 Å². The fourth-order valence-corrected chi connectivity index (χ4v) is 7.88. The van der Waals surface area contributed by atoms with Crippen molar-refractivity contribution in [1.29, 1.82) is 0 Å². The molecule has 0 saturated carbocycles. The molecular weight excluding hydrogens is 340 g/mol. The van der Waals surface area contributed by atoms with Crippen LogP contribution in [0.5, 0.6) is 0 Å². The van der Waals surface area contributed by atoms with Gasteiger partial charge in [-0.05, 0) is 115 Å². The summed E-state index contributed by atoms with van der Waals surface area (Å²) in [7, 11) is 1.38. The third-order valence-corrected chi connectivity index (χ3v) is 10.5. The Morgan fingerprint density at radius 3 is 0.818 bits per heavy atom. The highest BCUT2D eigenvalue weighted by atomic mass is 31.1. The molecule has 0 aromatic carbocycles. The summed E-state index contributed by atoms with van der Waals surface area (Å²) in [5.74, 6) is 0. The van der Waals surface area contributed by atoms with Gasteiger partial charge in [0.15, 0.2) is 0 Å². The van der Waals surface area contributed by atoms with E-state index in [1.54, 1.807) is 18.5 Å². The molecule has 0 aliphatic carbocycles. The molecule has 22 heavy (non-hydrogen) atoms. The first kappa shape index (κ1) is 23.7. The largest absolute Gasteiger partial charge is 0.113 e. The summed E-state index contributed by atoms with van der Waals surface area (Å²) in [6.45, 7) is 14.6. The van der Waals surface area contributed by atoms with Crippen molar-refractivity contribution < 1.29 is 0 Å². The van der Waals surface area contributed by atoms with Gasteiger partial charge in [-0.15, -0.1) is 31.7 Å². The molecule has 0 aromatic rings. The van der Waals surface area contributed by atoms with Gasteiger partial charge in [-0.25, -0.2) is 0 Å². The van der Waals surface area contributed by atoms with E-state index in [4.69, 9.17) is 0 Å². The molecule has 0 rings (SSSR count). The second-order valence-electron chi connectivity index (χ2n) is 7.37. The second kappa shape index (κ2) is 16.2. The third-order valence-electron chi connectivity index (χ3n) is 3.99. The number of unbranched alkanes of at least 4 members (excludes halogenated alkanes) is 3. The molecule has 0 nitrogen and oxygen atoms in total. The molecule has 0 aliphatic heterocycles. The van der Waals surface area contributed by atoms with Crippen molar-refractivity contribution in [3.05, 3.63) is 0 Å². The van der Waals surface area contributed by atoms with Gasteiger partial charge in [0.05, 0.1) is 0 Å². The third kappa shape index (κ3) is 18.1. The van der Waals surface area contributed by atoms with Gasteiger partial charge < -0.3 is 0 Å². The van der Waals surface area contributed by atoms with Crippen molar-refractivity contribution >= 4 is 31.7 Å². The quantitative estimate of drug-likeness (QED) is 0.211. The number of rotatable bonds is 15. The smallest absolute Gasteiger partial charge is 0.0326 e. The Morgan fingerprint density at radius 1 is 0.364 bits per heavy atom. The molecular formula is C18H42P4. The minimum Gasteiger partial charge on any atom is -0.113 e. The van der Waals surface area contributed by atoms with Crippen molar-refractivity contribution in [1.82, 2.24) is 0 Å². The van der Waals surface area contributed by atoms with Gasteiger partial charge in [0.25, 0.3) is 0 Å². The Labute approximate surface area is 147 Å². The summed E-state index contributed by atoms with van der Waals surface area (Å²) in [5.41, 5.74) is 0. The maximum Gasteiger partial charge on any atom is -0.0326 e. The van der Waals surface area contributed by atoms with Crippen LogP contribution in [0.4, 0.5) is 0 Å². The summed E-state index contributed by atoms with van der Waals surface area (Å²) >= 11 is 0. The molecule has 0 N–H and O–H groups in total. The zero-order valence-corrected chi connectivity index (χ0v) is 19.9. The topological polar surface area (TPSA) is 0 Å². The van der Waals surface area contributed by atoms with E-state index >= 15 is 0 Å². The zero-order valence-electron chi connectivity index (χ0n) is 16.3. The fourth-order valence-electron chi connectivity index (χ4n) is 2.63. The lowest BCUT2D eigenvalue weighted by Gasteiger charge is -2.19. The molecule has 0 bridgehead atoms. The van der Waals surface area contributed by atoms with Gasteiger partial charge in [0.2, 0.25) is 0 Å². The van der Waals surface area contributed by atoms with Gasteiger partial charge in [-0.3, -0.25) is 0 Å². The van der Waals surface area contributed by atoms with Gasteiger partial charge >= 0.3 is 0 Å². The van der Waals surface area contributed by atoms with E-state index in [0.717, 1.165) is 0 Å². The molecule has 4 heteroatoms. The molecule has 134 valence electrons. The molecule has 0 atom stereocenters. The van der Waals surface area contributed by atoms with Crippen molar-refractivity contribution in [2.24, 2.45) is 0 Å². The van der Waals surface area contributed by atoms with Crippen LogP contribution in [-0.4, -0.2) is 77.0 Å². The lowest BCUT2D eigenvalue weighted by atomic mass is 10.4. The highest BCUT2D eigenvalue weighted by Gasteiger charge is 2.08. The molecule has 0 spiro atoms. The maximum absolute atomic E-state index is 2.43. The summed E-state index contributed by atoms with van der Waals surface area (Å²) in [6.07, 6.45) is 18.3. The van der Waals surface area contributed by atoms with Crippen LogP contribution in [-0.2, 0) is 0 Å². The molecule has 0 saturated heterocycles. The highest BCUT2D eigenvalue weighted by Crippen LogP contribution is 2.40. The summed E-state index contributed by atoms with van der Waals surface area (Å²) in [4.78, 5) is 0. The molecule has 0 aliphatic rings. The average molecular weight is 382 g/mol. The summed E-state index contributed by atoms with van der Waals surface area (Å²) in [6, 6.07) is 0. The minimum atomic E-state index is 0.338. The minimum absolute atomic E-state index is 0.338. The van der Waals surface area contributed by atoms with Gasteiger partial charge in [-0.2, -0.15) is 0 Å². The van der Waals surface area contributed by atoms with E-state index in [9.17, 15) is 0 Å². The molecule has 0 radical (unpaired) electrons. The standard InChI is InChI=1S/C18H42P4/c1-19(2)13-7-10-16-22(17-11-8-14-20(3)4)18-12-9-15-21(5)6/h7-18H2,1-6H3. The average Bonchev–Trinajstić information content (AvgIpc) is 2.42. The molecule has 0 heterocycles. The monoisotopic (exact) mass is 382 g/mol. The van der Waals surface area contributed by atoms with Crippen molar-refractivity contribution in [2.75, 3.05) is 77.0 Å². The van der Waals surface area contributed by atoms with E-state index in [2.05, 4.69) is 40.0 Å². The first-order valence-electron chi connectivity index (χ1n) is 9.08. The predicted octanol–water partition coefficient (Wildman–Crippen LogP) is 7.03. The molecule has 0 amide bonds. The maximum atomic E-state index is 2.43. The van der Waals surface area contributed by atoms with Gasteiger partial charge in [0, 0.05) is 0 Å². The first-order valence-corrected chi connectivity index (χ1v) is 18.2. The Hall–Kier alpha value is 1.72. The van der Waals surface area contributed by atoms with Gasteiger partial charge in [-0.1, -0.05) is 0 Å². The van der Waals surface area contributed by atoms with Crippen LogP contribution in [0.15, 0.2) is 0 Å². The van der Waals surface area contributed by atoms with Crippen LogP contribution in [0.3, 0.4) is 0 Å². The molecule has 0 fully saturated rings. The first-order chi connectivity index (χ1) is 10.4. The van der Waals surface area contributed by atoms with E-state index in [-0.39, 0.29) is 0 Å². The summed E-state index contributed by atoms with van der Waals surface area (Å²) < 4.78 is 0. The van der Waals surface area contributed by atoms with E-state index < -0.39 is 0 Å². The Morgan fingerprint density at radius 2 is 0.591 bits per heavy atom. The zero-order chi connectivity index (χ0) is 16.8. The van der Waals surface area contributed by atoms with Crippen LogP contribution in [0.1, 0.15) is 38.5 Å². The summed E-state index contributed by atoms with van der Waals surface area (Å²) in [5, 5.41) is 0. The van der Waals surface area contributed by atoms with E-state index in [1.165, 1.54) is 57.0 Å². The molecule has 0 unspecified atom stereocenters. The highest BCUT2D eigenvalue weighted by molar-refractivity contribution is 7.57. The SMILES string of the molecule is CP(C)CCCCP(CCCCP(C)C)CCCCP(C)C. The van der Waals surface area contributed by atoms with E-state index in [1.807, 2.05) is 0 Å². The fraction of sp³-hybridized carbons (Fsp3) is 1.00. The van der Waals surface area contributed by atoms with Crippen molar-refractivity contribution in [2.45, 2.75) is 38.5 Å². The van der Waals surface area contributed by atoms with Crippen LogP contribution < -0.4 is 0 Å². The Bertz CT molecular complexity index is 191. The van der Waals surface area contributed by atoms with E-state index in [0.29, 0.717) is 31.7 Å². The van der Waals surface area contributed by atoms with Crippen molar-refractivity contribution in [3.8, 4) is 0 Å². The van der Waals surface area contributed by atoms with Crippen LogP contribution in [0.2, 0.25) is 0 Å². The van der Waals surface area contributed by atoms with Gasteiger partial charge in [0.1, 0.15) is 0 Å². The Balaban J connectivity index is 3.86. The lowest BCUT2D eigenvalue weighted by molar-refractivity contribution is 0.853. The predicted molar refractivity (Wildman–Crippen MR) is 120 cm³/mol.